The molecule has 1 saturated carbocycles. The van der Waals surface area contributed by atoms with Gasteiger partial charge in [-0.05, 0) is 30.9 Å². The molecular weight excluding hydrogens is 474 g/mol. The van der Waals surface area contributed by atoms with Crippen molar-refractivity contribution in [2.75, 3.05) is 45.9 Å². The van der Waals surface area contributed by atoms with E-state index in [0.29, 0.717) is 19.0 Å². The first-order valence-electron chi connectivity index (χ1n) is 12.8. The van der Waals surface area contributed by atoms with Gasteiger partial charge >= 0.3 is 0 Å². The van der Waals surface area contributed by atoms with E-state index >= 15 is 0 Å². The number of nitrogens with zero attached hydrogens (tertiary/aromatic N) is 5. The number of amides is 1. The number of morpholine rings is 1. The third-order valence-electron chi connectivity index (χ3n) is 7.36. The van der Waals surface area contributed by atoms with Crippen molar-refractivity contribution >= 4 is 38.4 Å². The van der Waals surface area contributed by atoms with E-state index in [1.807, 2.05) is 24.4 Å². The zero-order valence-corrected chi connectivity index (χ0v) is 20.9. The maximum atomic E-state index is 12.7. The molecule has 1 aromatic carbocycles. The van der Waals surface area contributed by atoms with Crippen molar-refractivity contribution in [3.05, 3.63) is 41.0 Å². The van der Waals surface area contributed by atoms with Crippen LogP contribution in [0.5, 0.6) is 0 Å². The highest BCUT2D eigenvalue weighted by Gasteiger charge is 2.31. The van der Waals surface area contributed by atoms with Gasteiger partial charge in [0.1, 0.15) is 6.10 Å². The van der Waals surface area contributed by atoms with E-state index in [-0.39, 0.29) is 12.0 Å². The Morgan fingerprint density at radius 3 is 2.97 bits per heavy atom. The normalized spacial score (nSPS) is 21.6. The van der Waals surface area contributed by atoms with Gasteiger partial charge in [-0.2, -0.15) is 5.10 Å². The van der Waals surface area contributed by atoms with Crippen LogP contribution >= 0.6 is 11.3 Å². The van der Waals surface area contributed by atoms with Crippen molar-refractivity contribution in [1.82, 2.24) is 35.3 Å². The van der Waals surface area contributed by atoms with E-state index in [1.54, 1.807) is 11.3 Å². The predicted octanol–water partition coefficient (Wildman–Crippen LogP) is 2.95. The lowest BCUT2D eigenvalue weighted by Crippen LogP contribution is -2.50. The molecule has 9 nitrogen and oxygen atoms in total. The molecule has 3 aliphatic rings. The van der Waals surface area contributed by atoms with Crippen LogP contribution < -0.4 is 5.32 Å². The number of benzene rings is 1. The van der Waals surface area contributed by atoms with Gasteiger partial charge in [0.25, 0.3) is 0 Å². The summed E-state index contributed by atoms with van der Waals surface area (Å²) in [5, 5.41) is 11.7. The van der Waals surface area contributed by atoms with Crippen molar-refractivity contribution < 1.29 is 9.53 Å². The van der Waals surface area contributed by atoms with Crippen molar-refractivity contribution in [1.29, 1.82) is 0 Å². The Balaban J connectivity index is 1.21. The zero-order valence-electron chi connectivity index (χ0n) is 20.1. The number of nitrogens with one attached hydrogen (secondary N) is 2. The summed E-state index contributed by atoms with van der Waals surface area (Å²) in [6.07, 6.45) is 4.26. The molecule has 36 heavy (non-hydrogen) atoms. The minimum absolute atomic E-state index is 0.120. The Bertz CT molecular complexity index is 1420. The molecule has 1 aliphatic carbocycles. The lowest BCUT2D eigenvalue weighted by Gasteiger charge is -2.34. The van der Waals surface area contributed by atoms with Crippen LogP contribution in [0, 0.1) is 5.92 Å². The lowest BCUT2D eigenvalue weighted by molar-refractivity contribution is -0.136. The molecule has 1 amide bonds. The number of ether oxygens (including phenoxy) is 1. The van der Waals surface area contributed by atoms with Crippen LogP contribution in [0.4, 0.5) is 0 Å². The number of piperazine rings is 1. The number of hydrogen-bond donors (Lipinski definition) is 2. The van der Waals surface area contributed by atoms with E-state index in [9.17, 15) is 4.79 Å². The Kier molecular flexibility index (Phi) is 5.69. The molecule has 4 aromatic rings. The average Bonchev–Trinajstić information content (AvgIpc) is 3.42. The van der Waals surface area contributed by atoms with Gasteiger partial charge < -0.3 is 15.0 Å². The van der Waals surface area contributed by atoms with Crippen LogP contribution in [0.3, 0.4) is 0 Å². The highest BCUT2D eigenvalue weighted by molar-refractivity contribution is 7.19. The van der Waals surface area contributed by atoms with Crippen molar-refractivity contribution in [3.63, 3.8) is 0 Å². The first-order chi connectivity index (χ1) is 17.7. The minimum atomic E-state index is -0.120. The van der Waals surface area contributed by atoms with Gasteiger partial charge in [-0.3, -0.25) is 14.8 Å². The summed E-state index contributed by atoms with van der Waals surface area (Å²) in [5.41, 5.74) is 3.79. The number of carbonyl (C=O) groups excluding carboxylic acids is 1. The number of carbonyl (C=O) groups is 1. The molecule has 2 N–H and O–H groups in total. The summed E-state index contributed by atoms with van der Waals surface area (Å²) in [7, 11) is 0. The quantitative estimate of drug-likeness (QED) is 0.417. The molecule has 10 heteroatoms. The summed E-state index contributed by atoms with van der Waals surface area (Å²) in [4.78, 5) is 28.3. The number of H-pyrrole nitrogens is 1. The minimum Gasteiger partial charge on any atom is -0.369 e. The maximum Gasteiger partial charge on any atom is 0.236 e. The molecule has 5 heterocycles. The molecule has 7 rings (SSSR count). The standard InChI is InChI=1S/C26H29N7O2S/c34-23-15-32(7-8-33(23)13-16-4-5-16)14-17-10-21-25(36-17)24(22-12-27-6-9-35-22)30-26(29-21)18-2-1-3-20-19(18)11-28-31-20/h1-3,10-11,16,22,27H,4-9,12-15H2,(H,28,31). The van der Waals surface area contributed by atoms with Gasteiger partial charge in [-0.15, -0.1) is 11.3 Å². The van der Waals surface area contributed by atoms with Crippen LogP contribution in [0.1, 0.15) is 29.5 Å². The second-order valence-electron chi connectivity index (χ2n) is 10.1. The molecule has 1 unspecified atom stereocenters. The van der Waals surface area contributed by atoms with E-state index in [0.717, 1.165) is 77.6 Å². The summed E-state index contributed by atoms with van der Waals surface area (Å²) in [6.45, 7) is 6.15. The fourth-order valence-electron chi connectivity index (χ4n) is 5.24. The van der Waals surface area contributed by atoms with Gasteiger partial charge in [0, 0.05) is 55.1 Å². The average molecular weight is 504 g/mol. The number of aromatic nitrogens is 4. The van der Waals surface area contributed by atoms with Gasteiger partial charge in [-0.25, -0.2) is 9.97 Å². The number of aromatic amines is 1. The molecule has 0 radical (unpaired) electrons. The molecule has 0 bridgehead atoms. The van der Waals surface area contributed by atoms with Crippen molar-refractivity contribution in [2.45, 2.75) is 25.5 Å². The van der Waals surface area contributed by atoms with Crippen LogP contribution in [0.15, 0.2) is 30.5 Å². The first-order valence-corrected chi connectivity index (χ1v) is 13.6. The fourth-order valence-corrected chi connectivity index (χ4v) is 6.41. The number of hydrogen-bond acceptors (Lipinski definition) is 8. The van der Waals surface area contributed by atoms with E-state index in [4.69, 9.17) is 14.7 Å². The smallest absolute Gasteiger partial charge is 0.236 e. The van der Waals surface area contributed by atoms with Crippen LogP contribution in [-0.4, -0.2) is 81.7 Å². The van der Waals surface area contributed by atoms with E-state index in [2.05, 4.69) is 31.4 Å². The Labute approximate surface area is 212 Å². The Morgan fingerprint density at radius 1 is 1.19 bits per heavy atom. The van der Waals surface area contributed by atoms with Crippen molar-refractivity contribution in [3.8, 4) is 11.4 Å². The number of thiophene rings is 1. The number of fused-ring (bicyclic) bond motifs is 2. The summed E-state index contributed by atoms with van der Waals surface area (Å²) < 4.78 is 7.20. The topological polar surface area (TPSA) is 99.3 Å². The summed E-state index contributed by atoms with van der Waals surface area (Å²) in [5.74, 6) is 1.68. The molecule has 3 fully saturated rings. The fraction of sp³-hybridized carbons (Fsp3) is 0.462. The van der Waals surface area contributed by atoms with Gasteiger partial charge in [0.2, 0.25) is 5.91 Å². The Hall–Kier alpha value is -2.92. The van der Waals surface area contributed by atoms with Crippen molar-refractivity contribution in [2.24, 2.45) is 5.92 Å². The summed E-state index contributed by atoms with van der Waals surface area (Å²) in [6, 6.07) is 8.22. The zero-order chi connectivity index (χ0) is 24.1. The first kappa shape index (κ1) is 22.3. The lowest BCUT2D eigenvalue weighted by atomic mass is 10.1. The van der Waals surface area contributed by atoms with E-state index in [1.165, 1.54) is 17.7 Å². The second-order valence-corrected chi connectivity index (χ2v) is 11.2. The SMILES string of the molecule is O=C1CN(Cc2cc3nc(-c4cccc5[nH]ncc45)nc(C4CNCCO4)c3s2)CCN1CC1CC1. The summed E-state index contributed by atoms with van der Waals surface area (Å²) >= 11 is 1.73. The van der Waals surface area contributed by atoms with E-state index < -0.39 is 0 Å². The predicted molar refractivity (Wildman–Crippen MR) is 139 cm³/mol. The maximum absolute atomic E-state index is 12.7. The molecule has 1 atom stereocenters. The van der Waals surface area contributed by atoms with Gasteiger partial charge in [0.15, 0.2) is 5.82 Å². The highest BCUT2D eigenvalue weighted by Crippen LogP contribution is 2.36. The van der Waals surface area contributed by atoms with Gasteiger partial charge in [0.05, 0.1) is 40.8 Å². The van der Waals surface area contributed by atoms with Crippen LogP contribution in [-0.2, 0) is 16.1 Å². The second kappa shape index (κ2) is 9.19. The molecule has 3 aromatic heterocycles. The number of rotatable bonds is 6. The molecular formula is C26H29N7O2S. The molecule has 2 saturated heterocycles. The molecule has 2 aliphatic heterocycles. The third kappa shape index (κ3) is 4.28. The monoisotopic (exact) mass is 503 g/mol. The Morgan fingerprint density at radius 2 is 2.14 bits per heavy atom. The molecule has 0 spiro atoms. The van der Waals surface area contributed by atoms with Crippen LogP contribution in [0.25, 0.3) is 32.5 Å². The highest BCUT2D eigenvalue weighted by atomic mass is 32.1. The van der Waals surface area contributed by atoms with Crippen LogP contribution in [0.2, 0.25) is 0 Å². The third-order valence-corrected chi connectivity index (χ3v) is 8.49. The molecule has 186 valence electrons. The van der Waals surface area contributed by atoms with Gasteiger partial charge in [-0.1, -0.05) is 12.1 Å². The largest absolute Gasteiger partial charge is 0.369 e.